The molecule has 4 heterocycles. The van der Waals surface area contributed by atoms with E-state index in [1.165, 1.54) is 5.56 Å². The van der Waals surface area contributed by atoms with Gasteiger partial charge in [-0.25, -0.2) is 0 Å². The maximum absolute atomic E-state index is 13.2. The van der Waals surface area contributed by atoms with Gasteiger partial charge in [-0.1, -0.05) is 26.0 Å². The van der Waals surface area contributed by atoms with Crippen LogP contribution in [0.3, 0.4) is 0 Å². The number of hydrogen-bond acceptors (Lipinski definition) is 3. The highest BCUT2D eigenvalue weighted by Crippen LogP contribution is 2.30. The zero-order valence-corrected chi connectivity index (χ0v) is 16.5. The van der Waals surface area contributed by atoms with Crippen molar-refractivity contribution in [1.82, 2.24) is 14.8 Å². The SMILES string of the molecule is CC(C)c1ccc(C(=O)N2C[C@H]3CC[C@@H]2CN(C(=O)c2ccncc2)C3)cc1. The summed E-state index contributed by atoms with van der Waals surface area (Å²) < 4.78 is 0. The molecule has 2 aromatic rings. The molecule has 0 radical (unpaired) electrons. The van der Waals surface area contributed by atoms with E-state index in [4.69, 9.17) is 0 Å². The Hall–Kier alpha value is -2.69. The molecule has 0 aliphatic carbocycles. The number of carbonyl (C=O) groups is 2. The van der Waals surface area contributed by atoms with Gasteiger partial charge in [0, 0.05) is 49.2 Å². The molecule has 2 bridgehead atoms. The van der Waals surface area contributed by atoms with E-state index in [0.29, 0.717) is 30.5 Å². The highest BCUT2D eigenvalue weighted by atomic mass is 16.2. The third-order valence-electron chi connectivity index (χ3n) is 6.01. The second-order valence-electron chi connectivity index (χ2n) is 8.28. The minimum Gasteiger partial charge on any atom is -0.336 e. The molecular formula is C23H27N3O2. The summed E-state index contributed by atoms with van der Waals surface area (Å²) in [6, 6.07) is 11.6. The van der Waals surface area contributed by atoms with Gasteiger partial charge in [0.25, 0.3) is 11.8 Å². The Balaban J connectivity index is 1.52. The molecule has 5 rings (SSSR count). The molecule has 3 saturated heterocycles. The lowest BCUT2D eigenvalue weighted by Gasteiger charge is -2.36. The summed E-state index contributed by atoms with van der Waals surface area (Å²) in [7, 11) is 0. The molecule has 3 aliphatic rings. The number of piperidine rings is 1. The Labute approximate surface area is 166 Å². The minimum atomic E-state index is 0.0369. The molecule has 3 aliphatic heterocycles. The standard InChI is InChI=1S/C23H27N3O2/c1-16(2)18-4-6-19(7-5-18)23(28)26-14-17-3-8-21(26)15-25(13-17)22(27)20-9-11-24-12-10-20/h4-7,9-12,16-17,21H,3,8,13-15H2,1-2H3/t17-,21+/m0/s1. The molecule has 2 amide bonds. The van der Waals surface area contributed by atoms with E-state index in [9.17, 15) is 9.59 Å². The zero-order valence-electron chi connectivity index (χ0n) is 16.5. The summed E-state index contributed by atoms with van der Waals surface area (Å²) >= 11 is 0. The minimum absolute atomic E-state index is 0.0369. The highest BCUT2D eigenvalue weighted by molar-refractivity contribution is 5.95. The predicted molar refractivity (Wildman–Crippen MR) is 108 cm³/mol. The van der Waals surface area contributed by atoms with Crippen molar-refractivity contribution >= 4 is 11.8 Å². The molecule has 5 nitrogen and oxygen atoms in total. The van der Waals surface area contributed by atoms with E-state index < -0.39 is 0 Å². The summed E-state index contributed by atoms with van der Waals surface area (Å²) in [5, 5.41) is 0. The Morgan fingerprint density at radius 1 is 0.893 bits per heavy atom. The first-order chi connectivity index (χ1) is 13.5. The van der Waals surface area contributed by atoms with Gasteiger partial charge in [0.1, 0.15) is 0 Å². The first-order valence-corrected chi connectivity index (χ1v) is 10.1. The maximum atomic E-state index is 13.2. The fourth-order valence-electron chi connectivity index (χ4n) is 4.35. The molecule has 146 valence electrons. The summed E-state index contributed by atoms with van der Waals surface area (Å²) in [6.45, 7) is 6.36. The van der Waals surface area contributed by atoms with E-state index in [0.717, 1.165) is 24.9 Å². The molecule has 0 unspecified atom stereocenters. The van der Waals surface area contributed by atoms with Crippen molar-refractivity contribution in [3.8, 4) is 0 Å². The quantitative estimate of drug-likeness (QED) is 0.821. The number of carbonyl (C=O) groups excluding carboxylic acids is 2. The number of pyridine rings is 1. The van der Waals surface area contributed by atoms with Crippen LogP contribution in [-0.2, 0) is 0 Å². The molecule has 3 fully saturated rings. The largest absolute Gasteiger partial charge is 0.336 e. The normalized spacial score (nSPS) is 21.7. The van der Waals surface area contributed by atoms with E-state index >= 15 is 0 Å². The van der Waals surface area contributed by atoms with Gasteiger partial charge in [-0.15, -0.1) is 0 Å². The van der Waals surface area contributed by atoms with Crippen LogP contribution in [0.5, 0.6) is 0 Å². The van der Waals surface area contributed by atoms with E-state index in [2.05, 4.69) is 18.8 Å². The lowest BCUT2D eigenvalue weighted by Crippen LogP contribution is -2.47. The topological polar surface area (TPSA) is 53.5 Å². The number of nitrogens with zero attached hydrogens (tertiary/aromatic N) is 3. The average molecular weight is 377 g/mol. The average Bonchev–Trinajstić information content (AvgIpc) is 3.05. The number of hydrogen-bond donors (Lipinski definition) is 0. The smallest absolute Gasteiger partial charge is 0.254 e. The maximum Gasteiger partial charge on any atom is 0.254 e. The molecular weight excluding hydrogens is 350 g/mol. The predicted octanol–water partition coefficient (Wildman–Crippen LogP) is 3.58. The highest BCUT2D eigenvalue weighted by Gasteiger charge is 2.39. The monoisotopic (exact) mass is 377 g/mol. The molecule has 28 heavy (non-hydrogen) atoms. The molecule has 0 saturated carbocycles. The van der Waals surface area contributed by atoms with Crippen molar-refractivity contribution < 1.29 is 9.59 Å². The fourth-order valence-corrected chi connectivity index (χ4v) is 4.35. The summed E-state index contributed by atoms with van der Waals surface area (Å²) in [5.41, 5.74) is 2.64. The van der Waals surface area contributed by atoms with Crippen LogP contribution in [0.25, 0.3) is 0 Å². The van der Waals surface area contributed by atoms with Crippen molar-refractivity contribution in [2.45, 2.75) is 38.6 Å². The third-order valence-corrected chi connectivity index (χ3v) is 6.01. The Bertz CT molecular complexity index is 848. The van der Waals surface area contributed by atoms with Gasteiger partial charge in [-0.3, -0.25) is 14.6 Å². The van der Waals surface area contributed by atoms with Gasteiger partial charge in [0.15, 0.2) is 0 Å². The van der Waals surface area contributed by atoms with Crippen molar-refractivity contribution in [1.29, 1.82) is 0 Å². The van der Waals surface area contributed by atoms with Crippen LogP contribution < -0.4 is 0 Å². The molecule has 5 heteroatoms. The Kier molecular flexibility index (Phi) is 5.16. The van der Waals surface area contributed by atoms with Gasteiger partial charge in [0.05, 0.1) is 0 Å². The van der Waals surface area contributed by atoms with E-state index in [1.54, 1.807) is 24.5 Å². The van der Waals surface area contributed by atoms with Gasteiger partial charge in [0.2, 0.25) is 0 Å². The van der Waals surface area contributed by atoms with Gasteiger partial charge < -0.3 is 9.80 Å². The second-order valence-corrected chi connectivity index (χ2v) is 8.28. The van der Waals surface area contributed by atoms with Crippen molar-refractivity contribution in [3.05, 3.63) is 65.5 Å². The first kappa shape index (κ1) is 18.7. The Morgan fingerprint density at radius 3 is 2.25 bits per heavy atom. The third kappa shape index (κ3) is 3.66. The lowest BCUT2D eigenvalue weighted by atomic mass is 9.94. The van der Waals surface area contributed by atoms with Gasteiger partial charge in [-0.05, 0) is 54.5 Å². The molecule has 0 N–H and O–H groups in total. The number of benzene rings is 1. The summed E-state index contributed by atoms with van der Waals surface area (Å²) in [5.74, 6) is 0.910. The van der Waals surface area contributed by atoms with Gasteiger partial charge in [-0.2, -0.15) is 0 Å². The molecule has 1 aromatic carbocycles. The molecule has 1 aromatic heterocycles. The number of fused-ring (bicyclic) bond motifs is 4. The van der Waals surface area contributed by atoms with Crippen LogP contribution in [0, 0.1) is 5.92 Å². The lowest BCUT2D eigenvalue weighted by molar-refractivity contribution is 0.0574. The summed E-state index contributed by atoms with van der Waals surface area (Å²) in [4.78, 5) is 34.0. The van der Waals surface area contributed by atoms with Gasteiger partial charge >= 0.3 is 0 Å². The number of rotatable bonds is 3. The van der Waals surface area contributed by atoms with Crippen molar-refractivity contribution in [3.63, 3.8) is 0 Å². The van der Waals surface area contributed by atoms with E-state index in [1.807, 2.05) is 34.1 Å². The number of aromatic nitrogens is 1. The van der Waals surface area contributed by atoms with Crippen LogP contribution in [0.1, 0.15) is 58.9 Å². The van der Waals surface area contributed by atoms with Crippen molar-refractivity contribution in [2.24, 2.45) is 5.92 Å². The zero-order chi connectivity index (χ0) is 19.7. The van der Waals surface area contributed by atoms with E-state index in [-0.39, 0.29) is 17.9 Å². The molecule has 0 spiro atoms. The first-order valence-electron chi connectivity index (χ1n) is 10.1. The summed E-state index contributed by atoms with van der Waals surface area (Å²) in [6.07, 6.45) is 5.33. The van der Waals surface area contributed by atoms with Crippen LogP contribution in [0.2, 0.25) is 0 Å². The number of amides is 2. The van der Waals surface area contributed by atoms with Crippen LogP contribution in [-0.4, -0.2) is 52.3 Å². The van der Waals surface area contributed by atoms with Crippen molar-refractivity contribution in [2.75, 3.05) is 19.6 Å². The van der Waals surface area contributed by atoms with Crippen LogP contribution in [0.4, 0.5) is 0 Å². The second kappa shape index (κ2) is 7.74. The Morgan fingerprint density at radius 2 is 1.57 bits per heavy atom. The molecule has 2 atom stereocenters. The van der Waals surface area contributed by atoms with Crippen LogP contribution in [0.15, 0.2) is 48.8 Å². The van der Waals surface area contributed by atoms with Crippen LogP contribution >= 0.6 is 0 Å². The fraction of sp³-hybridized carbons (Fsp3) is 0.435.